The summed E-state index contributed by atoms with van der Waals surface area (Å²) in [4.78, 5) is 23.3. The Labute approximate surface area is 217 Å². The molecule has 0 fully saturated rings. The average molecular weight is 550 g/mol. The zero-order valence-corrected chi connectivity index (χ0v) is 21.6. The molecule has 8 nitrogen and oxygen atoms in total. The Bertz CT molecular complexity index is 1380. The average Bonchev–Trinajstić information content (AvgIpc) is 2.84. The number of carbonyl (C=O) groups is 1. The minimum Gasteiger partial charge on any atom is -0.490 e. The van der Waals surface area contributed by atoms with Crippen LogP contribution in [-0.4, -0.2) is 17.4 Å². The van der Waals surface area contributed by atoms with Crippen molar-refractivity contribution in [1.82, 2.24) is 0 Å². The van der Waals surface area contributed by atoms with E-state index >= 15 is 0 Å². The molecule has 1 amide bonds. The monoisotopic (exact) mass is 549 g/mol. The van der Waals surface area contributed by atoms with Crippen LogP contribution in [0.25, 0.3) is 6.08 Å². The first-order valence-corrected chi connectivity index (χ1v) is 11.8. The van der Waals surface area contributed by atoms with Gasteiger partial charge in [-0.05, 0) is 77.7 Å². The Morgan fingerprint density at radius 1 is 1.17 bits per heavy atom. The number of halogens is 1. The number of amides is 1. The van der Waals surface area contributed by atoms with Gasteiger partial charge in [-0.3, -0.25) is 14.9 Å². The fourth-order valence-corrected chi connectivity index (χ4v) is 4.02. The molecule has 0 atom stereocenters. The van der Waals surface area contributed by atoms with Gasteiger partial charge < -0.3 is 14.8 Å². The molecule has 0 bridgehead atoms. The normalized spacial score (nSPS) is 10.9. The van der Waals surface area contributed by atoms with Crippen LogP contribution in [0.5, 0.6) is 11.5 Å². The molecule has 3 aromatic carbocycles. The number of nitro benzene ring substituents is 1. The Kier molecular flexibility index (Phi) is 8.81. The topological polar surface area (TPSA) is 114 Å². The highest BCUT2D eigenvalue weighted by Crippen LogP contribution is 2.38. The van der Waals surface area contributed by atoms with Gasteiger partial charge in [0.05, 0.1) is 16.0 Å². The lowest BCUT2D eigenvalue weighted by Crippen LogP contribution is -2.14. The van der Waals surface area contributed by atoms with E-state index in [1.165, 1.54) is 18.2 Å². The van der Waals surface area contributed by atoms with E-state index in [-0.39, 0.29) is 17.9 Å². The number of nitriles is 1. The van der Waals surface area contributed by atoms with Crippen molar-refractivity contribution >= 4 is 39.3 Å². The second kappa shape index (κ2) is 12.0. The molecule has 0 radical (unpaired) electrons. The second-order valence-electron chi connectivity index (χ2n) is 7.92. The zero-order chi connectivity index (χ0) is 26.2. The van der Waals surface area contributed by atoms with Crippen molar-refractivity contribution < 1.29 is 19.2 Å². The summed E-state index contributed by atoms with van der Waals surface area (Å²) in [6.07, 6.45) is 1.47. The molecule has 0 aliphatic rings. The first-order valence-electron chi connectivity index (χ1n) is 11.0. The van der Waals surface area contributed by atoms with Crippen LogP contribution in [0.15, 0.2) is 64.6 Å². The van der Waals surface area contributed by atoms with Crippen LogP contribution in [0.1, 0.15) is 29.2 Å². The predicted octanol–water partition coefficient (Wildman–Crippen LogP) is 6.50. The van der Waals surface area contributed by atoms with Gasteiger partial charge in [0.25, 0.3) is 11.6 Å². The van der Waals surface area contributed by atoms with Crippen LogP contribution < -0.4 is 14.8 Å². The van der Waals surface area contributed by atoms with Crippen molar-refractivity contribution in [3.05, 3.63) is 97.0 Å². The number of non-ortho nitro benzene ring substituents is 1. The van der Waals surface area contributed by atoms with E-state index < -0.39 is 10.8 Å². The molecule has 0 heterocycles. The van der Waals surface area contributed by atoms with Crippen LogP contribution in [0, 0.1) is 35.3 Å². The Balaban J connectivity index is 1.85. The van der Waals surface area contributed by atoms with E-state index in [0.717, 1.165) is 11.1 Å². The number of rotatable bonds is 9. The number of carbonyl (C=O) groups excluding carboxylic acids is 1. The van der Waals surface area contributed by atoms with Gasteiger partial charge in [0, 0.05) is 17.8 Å². The summed E-state index contributed by atoms with van der Waals surface area (Å²) in [5.74, 6) is 0.277. The van der Waals surface area contributed by atoms with Gasteiger partial charge in [0.2, 0.25) is 0 Å². The van der Waals surface area contributed by atoms with E-state index in [2.05, 4.69) is 21.2 Å². The standard InChI is InChI=1S/C27H24BrN3O5/c1-4-35-25-14-20(11-21(15-29)27(32)30-24-9-8-17(2)10-18(24)3)13-23(28)26(25)36-16-19-6-5-7-22(12-19)31(33)34/h5-14H,4,16H2,1-3H3,(H,30,32)/b21-11+. The molecule has 0 unspecified atom stereocenters. The molecule has 3 aromatic rings. The lowest BCUT2D eigenvalue weighted by Gasteiger charge is -2.15. The third-order valence-corrected chi connectivity index (χ3v) is 5.73. The maximum absolute atomic E-state index is 12.8. The van der Waals surface area contributed by atoms with Crippen molar-refractivity contribution in [3.8, 4) is 17.6 Å². The van der Waals surface area contributed by atoms with Crippen molar-refractivity contribution in [2.24, 2.45) is 0 Å². The fraction of sp³-hybridized carbons (Fsp3) is 0.185. The van der Waals surface area contributed by atoms with Crippen LogP contribution >= 0.6 is 15.9 Å². The molecular formula is C27H24BrN3O5. The summed E-state index contributed by atoms with van der Waals surface area (Å²) in [5, 5.41) is 23.4. The number of hydrogen-bond donors (Lipinski definition) is 1. The van der Waals surface area contributed by atoms with Crippen LogP contribution in [-0.2, 0) is 11.4 Å². The molecule has 9 heteroatoms. The van der Waals surface area contributed by atoms with Gasteiger partial charge in [-0.2, -0.15) is 5.26 Å². The SMILES string of the molecule is CCOc1cc(/C=C(\C#N)C(=O)Nc2ccc(C)cc2C)cc(Br)c1OCc1cccc([N+](=O)[O-])c1. The fourth-order valence-electron chi connectivity index (χ4n) is 3.45. The van der Waals surface area contributed by atoms with Gasteiger partial charge in [0.15, 0.2) is 11.5 Å². The number of aryl methyl sites for hydroxylation is 2. The highest BCUT2D eigenvalue weighted by atomic mass is 79.9. The third-order valence-electron chi connectivity index (χ3n) is 5.14. The van der Waals surface area contributed by atoms with E-state index in [1.807, 2.05) is 39.0 Å². The van der Waals surface area contributed by atoms with Crippen molar-refractivity contribution in [2.45, 2.75) is 27.4 Å². The Morgan fingerprint density at radius 3 is 2.61 bits per heavy atom. The second-order valence-corrected chi connectivity index (χ2v) is 8.78. The summed E-state index contributed by atoms with van der Waals surface area (Å²) in [6.45, 7) is 6.10. The Morgan fingerprint density at radius 2 is 1.94 bits per heavy atom. The zero-order valence-electron chi connectivity index (χ0n) is 20.0. The minimum atomic E-state index is -0.524. The maximum atomic E-state index is 12.8. The number of benzene rings is 3. The summed E-state index contributed by atoms with van der Waals surface area (Å²) in [7, 11) is 0. The van der Waals surface area contributed by atoms with E-state index in [9.17, 15) is 20.2 Å². The van der Waals surface area contributed by atoms with Crippen LogP contribution in [0.3, 0.4) is 0 Å². The molecule has 0 aromatic heterocycles. The smallest absolute Gasteiger partial charge is 0.269 e. The highest BCUT2D eigenvalue weighted by Gasteiger charge is 2.16. The molecule has 0 spiro atoms. The summed E-state index contributed by atoms with van der Waals surface area (Å²) in [5.41, 5.74) is 3.68. The lowest BCUT2D eigenvalue weighted by atomic mass is 10.1. The summed E-state index contributed by atoms with van der Waals surface area (Å²) < 4.78 is 12.2. The quantitative estimate of drug-likeness (QED) is 0.141. The number of nitro groups is 1. The predicted molar refractivity (Wildman–Crippen MR) is 141 cm³/mol. The molecule has 0 aliphatic heterocycles. The van der Waals surface area contributed by atoms with Crippen molar-refractivity contribution in [2.75, 3.05) is 11.9 Å². The minimum absolute atomic E-state index is 0.0242. The first kappa shape index (κ1) is 26.4. The van der Waals surface area contributed by atoms with Crippen molar-refractivity contribution in [3.63, 3.8) is 0 Å². The lowest BCUT2D eigenvalue weighted by molar-refractivity contribution is -0.384. The van der Waals surface area contributed by atoms with Crippen molar-refractivity contribution in [1.29, 1.82) is 5.26 Å². The van der Waals surface area contributed by atoms with Gasteiger partial charge in [-0.15, -0.1) is 0 Å². The molecule has 0 saturated carbocycles. The molecule has 184 valence electrons. The number of nitrogens with one attached hydrogen (secondary N) is 1. The van der Waals surface area contributed by atoms with Crippen LogP contribution in [0.2, 0.25) is 0 Å². The van der Waals surface area contributed by atoms with Gasteiger partial charge >= 0.3 is 0 Å². The Hall–Kier alpha value is -4.16. The van der Waals surface area contributed by atoms with E-state index in [0.29, 0.717) is 39.4 Å². The summed E-state index contributed by atoms with van der Waals surface area (Å²) in [6, 6.07) is 17.1. The van der Waals surface area contributed by atoms with Crippen LogP contribution in [0.4, 0.5) is 11.4 Å². The molecular weight excluding hydrogens is 526 g/mol. The molecule has 3 rings (SSSR count). The molecule has 1 N–H and O–H groups in total. The summed E-state index contributed by atoms with van der Waals surface area (Å²) >= 11 is 3.47. The third kappa shape index (κ3) is 6.71. The number of ether oxygens (including phenoxy) is 2. The number of hydrogen-bond acceptors (Lipinski definition) is 6. The number of nitrogens with zero attached hydrogens (tertiary/aromatic N) is 2. The molecule has 36 heavy (non-hydrogen) atoms. The largest absolute Gasteiger partial charge is 0.490 e. The molecule has 0 saturated heterocycles. The van der Waals surface area contributed by atoms with E-state index in [4.69, 9.17) is 9.47 Å². The van der Waals surface area contributed by atoms with Gasteiger partial charge in [-0.25, -0.2) is 0 Å². The highest BCUT2D eigenvalue weighted by molar-refractivity contribution is 9.10. The van der Waals surface area contributed by atoms with E-state index in [1.54, 1.807) is 30.3 Å². The number of anilines is 1. The van der Waals surface area contributed by atoms with Gasteiger partial charge in [-0.1, -0.05) is 29.8 Å². The van der Waals surface area contributed by atoms with Gasteiger partial charge in [0.1, 0.15) is 18.2 Å². The molecule has 0 aliphatic carbocycles. The first-order chi connectivity index (χ1) is 17.2. The maximum Gasteiger partial charge on any atom is 0.269 e.